The summed E-state index contributed by atoms with van der Waals surface area (Å²) >= 11 is 1.43. The van der Waals surface area contributed by atoms with Crippen LogP contribution < -0.4 is 4.74 Å². The average Bonchev–Trinajstić information content (AvgIpc) is 2.93. The molecule has 0 bridgehead atoms. The maximum atomic E-state index is 12.9. The first kappa shape index (κ1) is 19.2. The Balaban J connectivity index is 1.88. The van der Waals surface area contributed by atoms with E-state index in [-0.39, 0.29) is 5.91 Å². The van der Waals surface area contributed by atoms with Gasteiger partial charge in [0.25, 0.3) is 5.91 Å². The Morgan fingerprint density at radius 3 is 2.44 bits per heavy atom. The second-order valence-electron chi connectivity index (χ2n) is 6.65. The fourth-order valence-electron chi connectivity index (χ4n) is 2.71. The largest absolute Gasteiger partial charge is 0.494 e. The molecule has 140 valence electrons. The van der Waals surface area contributed by atoms with E-state index >= 15 is 0 Å². The van der Waals surface area contributed by atoms with Crippen molar-refractivity contribution < 1.29 is 9.53 Å². The first-order valence-corrected chi connectivity index (χ1v) is 9.96. The standard InChI is InChI=1S/C22H24N2O2S/c1-4-26-19-12-10-17(11-13-19)14-20-21(25)24(15-16(2)3)22(27-20)23-18-8-6-5-7-9-18/h5-14,16H,4,15H2,1-3H3/b20-14+,23-22?. The predicted molar refractivity (Wildman–Crippen MR) is 113 cm³/mol. The van der Waals surface area contributed by atoms with Crippen LogP contribution in [0.5, 0.6) is 5.75 Å². The number of nitrogens with zero attached hydrogens (tertiary/aromatic N) is 2. The van der Waals surface area contributed by atoms with Crippen LogP contribution in [0, 0.1) is 5.92 Å². The molecule has 0 N–H and O–H groups in total. The first-order valence-electron chi connectivity index (χ1n) is 9.15. The molecule has 0 atom stereocenters. The number of ether oxygens (including phenoxy) is 1. The topological polar surface area (TPSA) is 41.9 Å². The van der Waals surface area contributed by atoms with Crippen LogP contribution in [0.15, 0.2) is 64.5 Å². The minimum absolute atomic E-state index is 0.0114. The summed E-state index contributed by atoms with van der Waals surface area (Å²) in [7, 11) is 0. The number of amides is 1. The van der Waals surface area contributed by atoms with Gasteiger partial charge in [-0.05, 0) is 60.5 Å². The normalized spacial score (nSPS) is 17.3. The van der Waals surface area contributed by atoms with Crippen molar-refractivity contribution in [1.82, 2.24) is 4.90 Å². The smallest absolute Gasteiger partial charge is 0.266 e. The van der Waals surface area contributed by atoms with Crippen LogP contribution in [0.4, 0.5) is 5.69 Å². The van der Waals surface area contributed by atoms with Crippen molar-refractivity contribution in [1.29, 1.82) is 0 Å². The van der Waals surface area contributed by atoms with Crippen LogP contribution in [-0.2, 0) is 4.79 Å². The summed E-state index contributed by atoms with van der Waals surface area (Å²) in [6.07, 6.45) is 1.92. The molecule has 1 amide bonds. The maximum Gasteiger partial charge on any atom is 0.266 e. The van der Waals surface area contributed by atoms with Crippen LogP contribution >= 0.6 is 11.8 Å². The Kier molecular flexibility index (Phi) is 6.35. The van der Waals surface area contributed by atoms with Gasteiger partial charge in [-0.25, -0.2) is 4.99 Å². The van der Waals surface area contributed by atoms with Crippen molar-refractivity contribution in [3.8, 4) is 5.75 Å². The van der Waals surface area contributed by atoms with Gasteiger partial charge in [-0.15, -0.1) is 0 Å². The Hall–Kier alpha value is -2.53. The number of hydrogen-bond acceptors (Lipinski definition) is 4. The fraction of sp³-hybridized carbons (Fsp3) is 0.273. The van der Waals surface area contributed by atoms with Gasteiger partial charge in [0, 0.05) is 6.54 Å². The zero-order chi connectivity index (χ0) is 19.2. The monoisotopic (exact) mass is 380 g/mol. The minimum atomic E-state index is 0.0114. The van der Waals surface area contributed by atoms with Crippen LogP contribution in [-0.4, -0.2) is 29.1 Å². The lowest BCUT2D eigenvalue weighted by Gasteiger charge is -2.17. The number of thioether (sulfide) groups is 1. The highest BCUT2D eigenvalue weighted by Crippen LogP contribution is 2.34. The van der Waals surface area contributed by atoms with E-state index in [4.69, 9.17) is 9.73 Å². The number of hydrogen-bond donors (Lipinski definition) is 0. The number of carbonyl (C=O) groups is 1. The van der Waals surface area contributed by atoms with E-state index in [1.54, 1.807) is 4.90 Å². The van der Waals surface area contributed by atoms with Gasteiger partial charge in [0.15, 0.2) is 5.17 Å². The molecule has 1 aliphatic rings. The van der Waals surface area contributed by atoms with E-state index in [0.29, 0.717) is 24.0 Å². The van der Waals surface area contributed by atoms with E-state index in [2.05, 4.69) is 13.8 Å². The van der Waals surface area contributed by atoms with E-state index < -0.39 is 0 Å². The molecular formula is C22H24N2O2S. The van der Waals surface area contributed by atoms with Crippen LogP contribution in [0.2, 0.25) is 0 Å². The van der Waals surface area contributed by atoms with E-state index in [0.717, 1.165) is 22.2 Å². The van der Waals surface area contributed by atoms with Crippen LogP contribution in [0.1, 0.15) is 26.3 Å². The highest BCUT2D eigenvalue weighted by molar-refractivity contribution is 8.18. The third-order valence-corrected chi connectivity index (χ3v) is 4.91. The summed E-state index contributed by atoms with van der Waals surface area (Å²) in [5.41, 5.74) is 1.82. The molecule has 1 saturated heterocycles. The Morgan fingerprint density at radius 1 is 1.11 bits per heavy atom. The summed E-state index contributed by atoms with van der Waals surface area (Å²) < 4.78 is 5.48. The van der Waals surface area contributed by atoms with Gasteiger partial charge >= 0.3 is 0 Å². The van der Waals surface area contributed by atoms with E-state index in [9.17, 15) is 4.79 Å². The number of aliphatic imine (C=N–C) groups is 1. The van der Waals surface area contributed by atoms with Gasteiger partial charge in [-0.1, -0.05) is 44.2 Å². The van der Waals surface area contributed by atoms with E-state index in [1.165, 1.54) is 11.8 Å². The molecule has 27 heavy (non-hydrogen) atoms. The molecule has 0 aliphatic carbocycles. The average molecular weight is 381 g/mol. The summed E-state index contributed by atoms with van der Waals surface area (Å²) in [6, 6.07) is 17.5. The second kappa shape index (κ2) is 8.91. The molecule has 0 radical (unpaired) electrons. The first-order chi connectivity index (χ1) is 13.1. The summed E-state index contributed by atoms with van der Waals surface area (Å²) in [5, 5.41) is 0.733. The number of rotatable bonds is 6. The van der Waals surface area contributed by atoms with Crippen molar-refractivity contribution in [2.45, 2.75) is 20.8 Å². The molecular weight excluding hydrogens is 356 g/mol. The zero-order valence-electron chi connectivity index (χ0n) is 15.9. The highest BCUT2D eigenvalue weighted by Gasteiger charge is 2.33. The molecule has 0 spiro atoms. The number of carbonyl (C=O) groups excluding carboxylic acids is 1. The molecule has 1 heterocycles. The Labute approximate surface area is 164 Å². The van der Waals surface area contributed by atoms with E-state index in [1.807, 2.05) is 67.6 Å². The van der Waals surface area contributed by atoms with Crippen molar-refractivity contribution in [3.05, 3.63) is 65.1 Å². The Bertz CT molecular complexity index is 842. The molecule has 0 unspecified atom stereocenters. The van der Waals surface area contributed by atoms with Gasteiger partial charge in [0.2, 0.25) is 0 Å². The van der Waals surface area contributed by atoms with Gasteiger partial charge in [0.1, 0.15) is 5.75 Å². The molecule has 0 saturated carbocycles. The lowest BCUT2D eigenvalue weighted by Crippen LogP contribution is -2.32. The SMILES string of the molecule is CCOc1ccc(/C=C2/SC(=Nc3ccccc3)N(CC(C)C)C2=O)cc1. The van der Waals surface area contributed by atoms with Crippen molar-refractivity contribution in [2.75, 3.05) is 13.2 Å². The van der Waals surface area contributed by atoms with Crippen LogP contribution in [0.3, 0.4) is 0 Å². The molecule has 1 fully saturated rings. The second-order valence-corrected chi connectivity index (χ2v) is 7.66. The number of benzene rings is 2. The van der Waals surface area contributed by atoms with Crippen molar-refractivity contribution in [2.24, 2.45) is 10.9 Å². The Morgan fingerprint density at radius 2 is 1.81 bits per heavy atom. The third kappa shape index (κ3) is 5.01. The quantitative estimate of drug-likeness (QED) is 0.635. The maximum absolute atomic E-state index is 12.9. The highest BCUT2D eigenvalue weighted by atomic mass is 32.2. The number of amidine groups is 1. The molecule has 0 aromatic heterocycles. The molecule has 4 nitrogen and oxygen atoms in total. The lowest BCUT2D eigenvalue weighted by atomic mass is 10.2. The summed E-state index contributed by atoms with van der Waals surface area (Å²) in [5.74, 6) is 1.20. The lowest BCUT2D eigenvalue weighted by molar-refractivity contribution is -0.122. The summed E-state index contributed by atoms with van der Waals surface area (Å²) in [4.78, 5) is 20.1. The van der Waals surface area contributed by atoms with Gasteiger partial charge in [0.05, 0.1) is 17.2 Å². The van der Waals surface area contributed by atoms with Gasteiger partial charge < -0.3 is 4.74 Å². The predicted octanol–water partition coefficient (Wildman–Crippen LogP) is 5.35. The number of para-hydroxylation sites is 1. The van der Waals surface area contributed by atoms with Gasteiger partial charge in [-0.2, -0.15) is 0 Å². The van der Waals surface area contributed by atoms with Crippen LogP contribution in [0.25, 0.3) is 6.08 Å². The molecule has 3 rings (SSSR count). The third-order valence-electron chi connectivity index (χ3n) is 3.91. The fourth-order valence-corrected chi connectivity index (χ4v) is 3.72. The zero-order valence-corrected chi connectivity index (χ0v) is 16.7. The molecule has 2 aromatic rings. The molecule has 5 heteroatoms. The minimum Gasteiger partial charge on any atom is -0.494 e. The molecule has 2 aromatic carbocycles. The molecule has 1 aliphatic heterocycles. The van der Waals surface area contributed by atoms with Gasteiger partial charge in [-0.3, -0.25) is 9.69 Å². The summed E-state index contributed by atoms with van der Waals surface area (Å²) in [6.45, 7) is 7.45. The van der Waals surface area contributed by atoms with Crippen molar-refractivity contribution in [3.63, 3.8) is 0 Å². The van der Waals surface area contributed by atoms with Crippen molar-refractivity contribution >= 4 is 34.6 Å².